The lowest BCUT2D eigenvalue weighted by atomic mass is 9.92. The molecule has 0 aliphatic carbocycles. The highest BCUT2D eigenvalue weighted by Crippen LogP contribution is 2.16. The molecule has 0 fully saturated rings. The Morgan fingerprint density at radius 1 is 1.39 bits per heavy atom. The average molecular weight is 250 g/mol. The quantitative estimate of drug-likeness (QED) is 0.624. The van der Waals surface area contributed by atoms with Gasteiger partial charge in [0, 0.05) is 24.9 Å². The summed E-state index contributed by atoms with van der Waals surface area (Å²) in [6.07, 6.45) is 2.33. The first kappa shape index (κ1) is 14.2. The summed E-state index contributed by atoms with van der Waals surface area (Å²) < 4.78 is 4.59. The van der Waals surface area contributed by atoms with E-state index in [1.165, 1.54) is 21.0 Å². The van der Waals surface area contributed by atoms with E-state index in [0.717, 1.165) is 5.69 Å². The molecule has 5 heteroatoms. The van der Waals surface area contributed by atoms with Gasteiger partial charge >= 0.3 is 5.97 Å². The van der Waals surface area contributed by atoms with Crippen molar-refractivity contribution in [2.75, 3.05) is 13.7 Å². The Kier molecular flexibility index (Phi) is 4.83. The molecule has 98 valence electrons. The van der Waals surface area contributed by atoms with Crippen molar-refractivity contribution in [1.29, 1.82) is 0 Å². The van der Waals surface area contributed by atoms with Crippen LogP contribution in [0.5, 0.6) is 0 Å². The average Bonchev–Trinajstić information content (AvgIpc) is 2.38. The molecule has 0 bridgehead atoms. The van der Waals surface area contributed by atoms with Crippen LogP contribution < -0.4 is 5.32 Å². The van der Waals surface area contributed by atoms with Crippen molar-refractivity contribution >= 4 is 11.9 Å². The number of aromatic nitrogens is 1. The summed E-state index contributed by atoms with van der Waals surface area (Å²) in [5.41, 5.74) is -0.271. The fourth-order valence-electron chi connectivity index (χ4n) is 1.42. The molecular formula is C13H18N2O3. The van der Waals surface area contributed by atoms with Crippen molar-refractivity contribution in [3.05, 3.63) is 30.1 Å². The number of esters is 1. The van der Waals surface area contributed by atoms with E-state index in [1.807, 2.05) is 18.2 Å². The maximum Gasteiger partial charge on any atom is 0.320 e. The molecule has 0 spiro atoms. The normalized spacial score (nSPS) is 10.8. The molecule has 0 aliphatic rings. The zero-order valence-corrected chi connectivity index (χ0v) is 10.9. The van der Waals surface area contributed by atoms with Gasteiger partial charge in [0.05, 0.1) is 7.11 Å². The largest absolute Gasteiger partial charge is 0.468 e. The maximum atomic E-state index is 11.8. The number of pyridine rings is 1. The van der Waals surface area contributed by atoms with E-state index in [4.69, 9.17) is 0 Å². The van der Waals surface area contributed by atoms with Crippen LogP contribution in [0.1, 0.15) is 19.5 Å². The summed E-state index contributed by atoms with van der Waals surface area (Å²) in [5.74, 6) is -0.886. The van der Waals surface area contributed by atoms with Crippen LogP contribution in [0.25, 0.3) is 0 Å². The summed E-state index contributed by atoms with van der Waals surface area (Å²) in [6.45, 7) is 3.51. The van der Waals surface area contributed by atoms with Crippen LogP contribution >= 0.6 is 0 Å². The molecule has 1 rings (SSSR count). The molecule has 1 heterocycles. The lowest BCUT2D eigenvalue weighted by Gasteiger charge is -2.20. The first-order valence-corrected chi connectivity index (χ1v) is 5.75. The Balaban J connectivity index is 2.44. The molecule has 5 nitrogen and oxygen atoms in total. The minimum Gasteiger partial charge on any atom is -0.468 e. The predicted molar refractivity (Wildman–Crippen MR) is 66.7 cm³/mol. The van der Waals surface area contributed by atoms with Gasteiger partial charge in [-0.1, -0.05) is 6.07 Å². The van der Waals surface area contributed by atoms with Crippen molar-refractivity contribution in [3.8, 4) is 0 Å². The third-order valence-electron chi connectivity index (χ3n) is 2.66. The number of nitrogens with zero attached hydrogens (tertiary/aromatic N) is 1. The van der Waals surface area contributed by atoms with E-state index in [2.05, 4.69) is 15.0 Å². The number of hydrogen-bond donors (Lipinski definition) is 1. The van der Waals surface area contributed by atoms with E-state index in [1.54, 1.807) is 6.20 Å². The highest BCUT2D eigenvalue weighted by molar-refractivity contribution is 6.01. The van der Waals surface area contributed by atoms with Gasteiger partial charge in [-0.3, -0.25) is 14.6 Å². The first-order valence-electron chi connectivity index (χ1n) is 5.75. The third kappa shape index (κ3) is 3.55. The number of carbonyl (C=O) groups is 2. The zero-order valence-electron chi connectivity index (χ0n) is 10.9. The summed E-state index contributed by atoms with van der Waals surface area (Å²) in [7, 11) is 1.27. The van der Waals surface area contributed by atoms with Crippen LogP contribution in [0.4, 0.5) is 0 Å². The Morgan fingerprint density at radius 2 is 2.11 bits per heavy atom. The van der Waals surface area contributed by atoms with Crippen LogP contribution in [-0.2, 0) is 20.7 Å². The van der Waals surface area contributed by atoms with Crippen LogP contribution in [-0.4, -0.2) is 30.5 Å². The molecule has 0 radical (unpaired) electrons. The third-order valence-corrected chi connectivity index (χ3v) is 2.66. The molecule has 0 aromatic carbocycles. The van der Waals surface area contributed by atoms with E-state index in [9.17, 15) is 9.59 Å². The molecule has 1 aromatic heterocycles. The van der Waals surface area contributed by atoms with Gasteiger partial charge in [0.15, 0.2) is 0 Å². The number of carbonyl (C=O) groups excluding carboxylic acids is 2. The Morgan fingerprint density at radius 3 is 2.67 bits per heavy atom. The lowest BCUT2D eigenvalue weighted by molar-refractivity contribution is -0.156. The van der Waals surface area contributed by atoms with E-state index in [-0.39, 0.29) is 5.91 Å². The zero-order chi connectivity index (χ0) is 13.6. The van der Waals surface area contributed by atoms with Gasteiger partial charge in [-0.05, 0) is 26.0 Å². The summed E-state index contributed by atoms with van der Waals surface area (Å²) in [4.78, 5) is 27.4. The minimum atomic E-state index is -1.17. The van der Waals surface area contributed by atoms with E-state index >= 15 is 0 Å². The first-order chi connectivity index (χ1) is 8.48. The number of hydrogen-bond acceptors (Lipinski definition) is 4. The Bertz CT molecular complexity index is 416. The van der Waals surface area contributed by atoms with Crippen molar-refractivity contribution in [1.82, 2.24) is 10.3 Å². The van der Waals surface area contributed by atoms with Crippen molar-refractivity contribution in [3.63, 3.8) is 0 Å². The standard InChI is InChI=1S/C13H18N2O3/c1-13(2,12(17)18-3)11(16)15-9-7-10-6-4-5-8-14-10/h4-6,8H,7,9H2,1-3H3,(H,15,16). The highest BCUT2D eigenvalue weighted by atomic mass is 16.5. The minimum absolute atomic E-state index is 0.342. The Labute approximate surface area is 107 Å². The molecule has 1 aromatic rings. The SMILES string of the molecule is COC(=O)C(C)(C)C(=O)NCCc1ccccn1. The van der Waals surface area contributed by atoms with Gasteiger partial charge in [-0.25, -0.2) is 0 Å². The van der Waals surface area contributed by atoms with Gasteiger partial charge in [-0.15, -0.1) is 0 Å². The molecule has 1 amide bonds. The monoisotopic (exact) mass is 250 g/mol. The van der Waals surface area contributed by atoms with Crippen molar-refractivity contribution in [2.45, 2.75) is 20.3 Å². The predicted octanol–water partition coefficient (Wildman–Crippen LogP) is 0.939. The molecule has 0 aliphatic heterocycles. The number of rotatable bonds is 5. The van der Waals surface area contributed by atoms with Gasteiger partial charge < -0.3 is 10.1 Å². The highest BCUT2D eigenvalue weighted by Gasteiger charge is 2.36. The number of methoxy groups -OCH3 is 1. The lowest BCUT2D eigenvalue weighted by Crippen LogP contribution is -2.43. The molecule has 0 atom stereocenters. The number of nitrogens with one attached hydrogen (secondary N) is 1. The molecule has 1 N–H and O–H groups in total. The molecule has 0 saturated heterocycles. The fourth-order valence-corrected chi connectivity index (χ4v) is 1.42. The molecule has 0 unspecified atom stereocenters. The van der Waals surface area contributed by atoms with Gasteiger partial charge in [0.25, 0.3) is 0 Å². The second-order valence-electron chi connectivity index (χ2n) is 4.44. The molecule has 18 heavy (non-hydrogen) atoms. The second kappa shape index (κ2) is 6.14. The van der Waals surface area contributed by atoms with Gasteiger partial charge in [0.2, 0.25) is 5.91 Å². The van der Waals surface area contributed by atoms with Crippen LogP contribution in [0.3, 0.4) is 0 Å². The van der Waals surface area contributed by atoms with Crippen LogP contribution in [0.15, 0.2) is 24.4 Å². The van der Waals surface area contributed by atoms with Crippen LogP contribution in [0, 0.1) is 5.41 Å². The second-order valence-corrected chi connectivity index (χ2v) is 4.44. The van der Waals surface area contributed by atoms with Gasteiger partial charge in [-0.2, -0.15) is 0 Å². The van der Waals surface area contributed by atoms with Crippen molar-refractivity contribution in [2.24, 2.45) is 5.41 Å². The van der Waals surface area contributed by atoms with E-state index < -0.39 is 11.4 Å². The number of amides is 1. The summed E-state index contributed by atoms with van der Waals surface area (Å²) >= 11 is 0. The summed E-state index contributed by atoms with van der Waals surface area (Å²) in [6, 6.07) is 5.61. The fraction of sp³-hybridized carbons (Fsp3) is 0.462. The van der Waals surface area contributed by atoms with Crippen molar-refractivity contribution < 1.29 is 14.3 Å². The van der Waals surface area contributed by atoms with Gasteiger partial charge in [0.1, 0.15) is 5.41 Å². The smallest absolute Gasteiger partial charge is 0.320 e. The Hall–Kier alpha value is -1.91. The van der Waals surface area contributed by atoms with E-state index in [0.29, 0.717) is 13.0 Å². The number of ether oxygens (including phenoxy) is 1. The summed E-state index contributed by atoms with van der Waals surface area (Å²) in [5, 5.41) is 2.71. The maximum absolute atomic E-state index is 11.8. The molecule has 0 saturated carbocycles. The van der Waals surface area contributed by atoms with Crippen LogP contribution in [0.2, 0.25) is 0 Å². The topological polar surface area (TPSA) is 68.3 Å². The molecular weight excluding hydrogens is 232 g/mol.